The van der Waals surface area contributed by atoms with Gasteiger partial charge in [-0.15, -0.1) is 0 Å². The van der Waals surface area contributed by atoms with E-state index in [1.54, 1.807) is 0 Å². The molecule has 18 heavy (non-hydrogen) atoms. The van der Waals surface area contributed by atoms with E-state index < -0.39 is 0 Å². The average molecular weight is 242 g/mol. The van der Waals surface area contributed by atoms with Crippen LogP contribution in [0.4, 0.5) is 0 Å². The van der Waals surface area contributed by atoms with Crippen molar-refractivity contribution in [3.63, 3.8) is 0 Å². The zero-order valence-electron chi connectivity index (χ0n) is 11.5. The Morgan fingerprint density at radius 3 is 1.61 bits per heavy atom. The van der Waals surface area contributed by atoms with Gasteiger partial charge in [0.15, 0.2) is 0 Å². The van der Waals surface area contributed by atoms with E-state index in [9.17, 15) is 0 Å². The van der Waals surface area contributed by atoms with Crippen LogP contribution in [0.25, 0.3) is 0 Å². The molecule has 0 N–H and O–H groups in total. The topological polar surface area (TPSA) is 9.23 Å². The van der Waals surface area contributed by atoms with Crippen molar-refractivity contribution in [1.82, 2.24) is 0 Å². The lowest BCUT2D eigenvalue weighted by molar-refractivity contribution is 0.340. The van der Waals surface area contributed by atoms with E-state index in [1.165, 1.54) is 5.56 Å². The second-order valence-electron chi connectivity index (χ2n) is 4.31. The van der Waals surface area contributed by atoms with Gasteiger partial charge in [-0.05, 0) is 30.5 Å². The molecule has 1 heteroatoms. The van der Waals surface area contributed by atoms with Crippen molar-refractivity contribution in [3.8, 4) is 5.75 Å². The summed E-state index contributed by atoms with van der Waals surface area (Å²) >= 11 is 0. The average Bonchev–Trinajstić information content (AvgIpc) is 2.42. The van der Waals surface area contributed by atoms with Gasteiger partial charge in [-0.3, -0.25) is 0 Å². The van der Waals surface area contributed by atoms with Crippen molar-refractivity contribution in [2.24, 2.45) is 0 Å². The summed E-state index contributed by atoms with van der Waals surface area (Å²) in [4.78, 5) is 0. The summed E-state index contributed by atoms with van der Waals surface area (Å²) < 4.78 is 5.34. The number of ether oxygens (including phenoxy) is 1. The highest BCUT2D eigenvalue weighted by atomic mass is 16.5. The molecule has 0 aromatic heterocycles. The van der Waals surface area contributed by atoms with E-state index >= 15 is 0 Å². The number of hydrogen-bond donors (Lipinski definition) is 0. The van der Waals surface area contributed by atoms with Gasteiger partial charge in [0, 0.05) is 0 Å². The van der Waals surface area contributed by atoms with Gasteiger partial charge in [-0.25, -0.2) is 0 Å². The Kier molecular flexibility index (Phi) is 6.63. The van der Waals surface area contributed by atoms with Crippen LogP contribution in [0, 0.1) is 0 Å². The van der Waals surface area contributed by atoms with Crippen molar-refractivity contribution < 1.29 is 4.74 Å². The van der Waals surface area contributed by atoms with E-state index in [1.807, 2.05) is 55.5 Å². The highest BCUT2D eigenvalue weighted by Crippen LogP contribution is 2.18. The van der Waals surface area contributed by atoms with E-state index in [-0.39, 0.29) is 0 Å². The van der Waals surface area contributed by atoms with Gasteiger partial charge >= 0.3 is 0 Å². The summed E-state index contributed by atoms with van der Waals surface area (Å²) in [5, 5.41) is 0. The second-order valence-corrected chi connectivity index (χ2v) is 4.31. The van der Waals surface area contributed by atoms with Gasteiger partial charge in [0.25, 0.3) is 0 Å². The minimum atomic E-state index is 0.598. The van der Waals surface area contributed by atoms with Gasteiger partial charge < -0.3 is 4.74 Å². The summed E-state index contributed by atoms with van der Waals surface area (Å²) in [6.45, 7) is 7.11. The monoisotopic (exact) mass is 242 g/mol. The SMILES string of the molecule is CCOc1ccc(C(C)C)cc1.c1ccccc1. The van der Waals surface area contributed by atoms with Gasteiger partial charge in [0.2, 0.25) is 0 Å². The van der Waals surface area contributed by atoms with Crippen LogP contribution in [-0.2, 0) is 0 Å². The van der Waals surface area contributed by atoms with Crippen LogP contribution in [0.15, 0.2) is 60.7 Å². The first kappa shape index (κ1) is 14.3. The minimum absolute atomic E-state index is 0.598. The smallest absolute Gasteiger partial charge is 0.119 e. The van der Waals surface area contributed by atoms with Gasteiger partial charge in [0.05, 0.1) is 6.61 Å². The maximum atomic E-state index is 5.34. The van der Waals surface area contributed by atoms with Crippen LogP contribution in [0.5, 0.6) is 5.75 Å². The summed E-state index contributed by atoms with van der Waals surface area (Å²) in [6.07, 6.45) is 0. The Labute approximate surface area is 110 Å². The predicted molar refractivity (Wildman–Crippen MR) is 78.1 cm³/mol. The molecule has 2 aromatic carbocycles. The molecule has 0 saturated carbocycles. The second kappa shape index (κ2) is 8.35. The molecule has 0 radical (unpaired) electrons. The first-order valence-corrected chi connectivity index (χ1v) is 6.46. The third-order valence-corrected chi connectivity index (χ3v) is 2.52. The molecule has 2 rings (SSSR count). The van der Waals surface area contributed by atoms with Crippen molar-refractivity contribution in [2.75, 3.05) is 6.61 Å². The summed E-state index contributed by atoms with van der Waals surface area (Å²) in [5.74, 6) is 1.56. The van der Waals surface area contributed by atoms with E-state index in [2.05, 4.69) is 26.0 Å². The van der Waals surface area contributed by atoms with Crippen LogP contribution < -0.4 is 4.74 Å². The first-order chi connectivity index (χ1) is 8.74. The van der Waals surface area contributed by atoms with Gasteiger partial charge in [-0.1, -0.05) is 62.4 Å². The Morgan fingerprint density at radius 2 is 1.28 bits per heavy atom. The molecule has 2 aromatic rings. The van der Waals surface area contributed by atoms with Crippen LogP contribution >= 0.6 is 0 Å². The van der Waals surface area contributed by atoms with Crippen molar-refractivity contribution in [3.05, 3.63) is 66.2 Å². The minimum Gasteiger partial charge on any atom is -0.494 e. The standard InChI is InChI=1S/C11H16O.C6H6/c1-4-12-11-7-5-10(6-8-11)9(2)3;1-2-4-6-5-3-1/h5-9H,4H2,1-3H3;1-6H. The fourth-order valence-corrected chi connectivity index (χ4v) is 1.50. The van der Waals surface area contributed by atoms with Crippen LogP contribution in [0.2, 0.25) is 0 Å². The molecule has 0 heterocycles. The number of rotatable bonds is 3. The Bertz CT molecular complexity index is 377. The molecule has 0 spiro atoms. The number of benzene rings is 2. The summed E-state index contributed by atoms with van der Waals surface area (Å²) in [6, 6.07) is 20.3. The normalized spacial score (nSPS) is 9.56. The Balaban J connectivity index is 0.000000225. The molecular formula is C17H22O. The highest BCUT2D eigenvalue weighted by Gasteiger charge is 1.97. The molecule has 0 aliphatic carbocycles. The maximum absolute atomic E-state index is 5.34. The largest absolute Gasteiger partial charge is 0.494 e. The lowest BCUT2D eigenvalue weighted by Gasteiger charge is -2.06. The highest BCUT2D eigenvalue weighted by molar-refractivity contribution is 5.28. The molecule has 0 amide bonds. The van der Waals surface area contributed by atoms with E-state index in [0.717, 1.165) is 12.4 Å². The Hall–Kier alpha value is -1.76. The summed E-state index contributed by atoms with van der Waals surface area (Å²) in [5.41, 5.74) is 1.36. The molecule has 0 aliphatic heterocycles. The van der Waals surface area contributed by atoms with Gasteiger partial charge in [0.1, 0.15) is 5.75 Å². The quantitative estimate of drug-likeness (QED) is 0.744. The molecule has 0 aliphatic rings. The van der Waals surface area contributed by atoms with Crippen molar-refractivity contribution >= 4 is 0 Å². The zero-order valence-corrected chi connectivity index (χ0v) is 11.5. The van der Waals surface area contributed by atoms with Gasteiger partial charge in [-0.2, -0.15) is 0 Å². The fourth-order valence-electron chi connectivity index (χ4n) is 1.50. The van der Waals surface area contributed by atoms with Crippen LogP contribution in [-0.4, -0.2) is 6.61 Å². The third-order valence-electron chi connectivity index (χ3n) is 2.52. The van der Waals surface area contributed by atoms with Crippen molar-refractivity contribution in [2.45, 2.75) is 26.7 Å². The molecule has 0 saturated heterocycles. The van der Waals surface area contributed by atoms with E-state index in [0.29, 0.717) is 5.92 Å². The van der Waals surface area contributed by atoms with Crippen LogP contribution in [0.1, 0.15) is 32.3 Å². The molecule has 0 bridgehead atoms. The first-order valence-electron chi connectivity index (χ1n) is 6.46. The van der Waals surface area contributed by atoms with E-state index in [4.69, 9.17) is 4.74 Å². The Morgan fingerprint density at radius 1 is 0.833 bits per heavy atom. The zero-order chi connectivity index (χ0) is 13.2. The molecule has 0 atom stereocenters. The predicted octanol–water partition coefficient (Wildman–Crippen LogP) is 4.90. The fraction of sp³-hybridized carbons (Fsp3) is 0.294. The maximum Gasteiger partial charge on any atom is 0.119 e. The van der Waals surface area contributed by atoms with Crippen LogP contribution in [0.3, 0.4) is 0 Å². The lowest BCUT2D eigenvalue weighted by Crippen LogP contribution is -1.92. The number of hydrogen-bond acceptors (Lipinski definition) is 1. The molecular weight excluding hydrogens is 220 g/mol. The molecule has 0 unspecified atom stereocenters. The third kappa shape index (κ3) is 5.53. The summed E-state index contributed by atoms with van der Waals surface area (Å²) in [7, 11) is 0. The molecule has 1 nitrogen and oxygen atoms in total. The molecule has 96 valence electrons. The lowest BCUT2D eigenvalue weighted by atomic mass is 10.0. The molecule has 0 fully saturated rings. The van der Waals surface area contributed by atoms with Crippen molar-refractivity contribution in [1.29, 1.82) is 0 Å².